The maximum absolute atomic E-state index is 10.1. The zero-order valence-electron chi connectivity index (χ0n) is 13.0. The minimum Gasteiger partial charge on any atom is -0.393 e. The van der Waals surface area contributed by atoms with Gasteiger partial charge in [0.15, 0.2) is 0 Å². The Bertz CT molecular complexity index is 402. The van der Waals surface area contributed by atoms with Crippen molar-refractivity contribution < 1.29 is 18.7 Å². The standard InChI is InChI=1S/C16H26O4Si/c1-3-19-21(20-4-2,16-8-6-5-7-9-16)11-10-14(17)12-15-13-18-15/h5-9,14-15,17H,3-4,10-13H2,1-2H3. The van der Waals surface area contributed by atoms with Gasteiger partial charge in [0.1, 0.15) is 0 Å². The summed E-state index contributed by atoms with van der Waals surface area (Å²) in [6.45, 7) is 6.04. The smallest absolute Gasteiger partial charge is 0.372 e. The highest BCUT2D eigenvalue weighted by atomic mass is 28.4. The topological polar surface area (TPSA) is 51.2 Å². The molecule has 0 saturated carbocycles. The zero-order chi connectivity index (χ0) is 15.1. The van der Waals surface area contributed by atoms with E-state index in [1.165, 1.54) is 0 Å². The number of aliphatic hydroxyl groups is 1. The van der Waals surface area contributed by atoms with Gasteiger partial charge in [0.05, 0.1) is 18.8 Å². The molecule has 2 atom stereocenters. The van der Waals surface area contributed by atoms with E-state index in [1.54, 1.807) is 0 Å². The van der Waals surface area contributed by atoms with E-state index in [0.29, 0.717) is 19.6 Å². The number of ether oxygens (including phenoxy) is 1. The highest BCUT2D eigenvalue weighted by Crippen LogP contribution is 2.22. The Hall–Kier alpha value is -0.723. The third-order valence-electron chi connectivity index (χ3n) is 3.71. The van der Waals surface area contributed by atoms with Crippen LogP contribution in [0.3, 0.4) is 0 Å². The molecular formula is C16H26O4Si. The van der Waals surface area contributed by atoms with Gasteiger partial charge in [-0.05, 0) is 31.5 Å². The maximum Gasteiger partial charge on any atom is 0.372 e. The molecule has 1 heterocycles. The van der Waals surface area contributed by atoms with Crippen LogP contribution in [0.5, 0.6) is 0 Å². The van der Waals surface area contributed by atoms with Crippen molar-refractivity contribution in [1.29, 1.82) is 0 Å². The molecule has 4 nitrogen and oxygen atoms in total. The molecule has 1 aliphatic heterocycles. The van der Waals surface area contributed by atoms with Gasteiger partial charge in [-0.2, -0.15) is 0 Å². The molecule has 21 heavy (non-hydrogen) atoms. The van der Waals surface area contributed by atoms with E-state index in [-0.39, 0.29) is 12.2 Å². The number of benzene rings is 1. The fraction of sp³-hybridized carbons (Fsp3) is 0.625. The molecule has 1 N–H and O–H groups in total. The van der Waals surface area contributed by atoms with Crippen molar-refractivity contribution in [3.63, 3.8) is 0 Å². The van der Waals surface area contributed by atoms with Crippen LogP contribution in [-0.4, -0.2) is 45.7 Å². The van der Waals surface area contributed by atoms with Crippen LogP contribution < -0.4 is 5.19 Å². The summed E-state index contributed by atoms with van der Waals surface area (Å²) in [5.74, 6) is 0. The maximum atomic E-state index is 10.1. The molecule has 0 radical (unpaired) electrons. The first-order valence-electron chi connectivity index (χ1n) is 7.83. The predicted octanol–water partition coefficient (Wildman–Crippen LogP) is 1.95. The summed E-state index contributed by atoms with van der Waals surface area (Å²) in [5.41, 5.74) is 0. The Morgan fingerprint density at radius 3 is 2.38 bits per heavy atom. The van der Waals surface area contributed by atoms with Crippen molar-refractivity contribution in [3.05, 3.63) is 30.3 Å². The van der Waals surface area contributed by atoms with E-state index in [0.717, 1.165) is 24.3 Å². The molecule has 0 spiro atoms. The second kappa shape index (κ2) is 8.05. The van der Waals surface area contributed by atoms with Crippen LogP contribution in [0.2, 0.25) is 6.04 Å². The van der Waals surface area contributed by atoms with Crippen molar-refractivity contribution in [3.8, 4) is 0 Å². The van der Waals surface area contributed by atoms with E-state index in [9.17, 15) is 5.11 Å². The lowest BCUT2D eigenvalue weighted by atomic mass is 10.2. The van der Waals surface area contributed by atoms with Gasteiger partial charge in [-0.3, -0.25) is 0 Å². The lowest BCUT2D eigenvalue weighted by Gasteiger charge is -2.31. The first-order valence-corrected chi connectivity index (χ1v) is 9.85. The molecule has 5 heteroatoms. The third kappa shape index (κ3) is 4.90. The van der Waals surface area contributed by atoms with Gasteiger partial charge in [-0.1, -0.05) is 30.3 Å². The highest BCUT2D eigenvalue weighted by molar-refractivity contribution is 6.81. The van der Waals surface area contributed by atoms with Gasteiger partial charge in [0, 0.05) is 19.6 Å². The molecule has 2 rings (SSSR count). The molecule has 2 unspecified atom stereocenters. The molecule has 0 bridgehead atoms. The number of hydrogen-bond acceptors (Lipinski definition) is 4. The number of rotatable bonds is 10. The van der Waals surface area contributed by atoms with Gasteiger partial charge < -0.3 is 18.7 Å². The molecule has 1 aliphatic rings. The Kier molecular flexibility index (Phi) is 6.38. The SMILES string of the molecule is CCO[Si](CCC(O)CC1CO1)(OCC)c1ccccc1. The Labute approximate surface area is 128 Å². The quantitative estimate of drug-likeness (QED) is 0.530. The molecule has 118 valence electrons. The molecule has 1 fully saturated rings. The number of hydrogen-bond donors (Lipinski definition) is 1. The molecule has 1 aromatic rings. The van der Waals surface area contributed by atoms with E-state index in [4.69, 9.17) is 13.6 Å². The van der Waals surface area contributed by atoms with E-state index < -0.39 is 8.56 Å². The Morgan fingerprint density at radius 2 is 1.86 bits per heavy atom. The minimum atomic E-state index is -2.47. The average Bonchev–Trinajstić information content (AvgIpc) is 3.30. The third-order valence-corrected chi connectivity index (χ3v) is 7.38. The van der Waals surface area contributed by atoms with Gasteiger partial charge in [0.2, 0.25) is 0 Å². The fourth-order valence-electron chi connectivity index (χ4n) is 2.64. The summed E-state index contributed by atoms with van der Waals surface area (Å²) in [7, 11) is -2.47. The van der Waals surface area contributed by atoms with Gasteiger partial charge >= 0.3 is 8.56 Å². The molecular weight excluding hydrogens is 284 g/mol. The summed E-state index contributed by atoms with van der Waals surface area (Å²) in [6.07, 6.45) is 1.33. The monoisotopic (exact) mass is 310 g/mol. The van der Waals surface area contributed by atoms with Crippen molar-refractivity contribution >= 4 is 13.7 Å². The highest BCUT2D eigenvalue weighted by Gasteiger charge is 2.40. The van der Waals surface area contributed by atoms with Crippen molar-refractivity contribution in [2.45, 2.75) is 44.9 Å². The molecule has 0 amide bonds. The van der Waals surface area contributed by atoms with Crippen molar-refractivity contribution in [2.75, 3.05) is 19.8 Å². The van der Waals surface area contributed by atoms with E-state index in [1.807, 2.05) is 32.0 Å². The van der Waals surface area contributed by atoms with Crippen LogP contribution in [0.15, 0.2) is 30.3 Å². The fourth-order valence-corrected chi connectivity index (χ4v) is 5.98. The minimum absolute atomic E-state index is 0.256. The second-order valence-electron chi connectivity index (χ2n) is 5.37. The largest absolute Gasteiger partial charge is 0.393 e. The van der Waals surface area contributed by atoms with Gasteiger partial charge in [-0.25, -0.2) is 0 Å². The summed E-state index contributed by atoms with van der Waals surface area (Å²) in [5, 5.41) is 11.3. The van der Waals surface area contributed by atoms with Crippen molar-refractivity contribution in [2.24, 2.45) is 0 Å². The van der Waals surface area contributed by atoms with Crippen LogP contribution >= 0.6 is 0 Å². The molecule has 0 aromatic heterocycles. The van der Waals surface area contributed by atoms with Crippen LogP contribution in [-0.2, 0) is 13.6 Å². The lowest BCUT2D eigenvalue weighted by molar-refractivity contribution is 0.138. The van der Waals surface area contributed by atoms with E-state index in [2.05, 4.69) is 12.1 Å². The summed E-state index contributed by atoms with van der Waals surface area (Å²) in [6, 6.07) is 11.0. The number of epoxide rings is 1. The second-order valence-corrected chi connectivity index (χ2v) is 8.53. The molecule has 1 saturated heterocycles. The summed E-state index contributed by atoms with van der Waals surface area (Å²) < 4.78 is 17.4. The van der Waals surface area contributed by atoms with Crippen molar-refractivity contribution in [1.82, 2.24) is 0 Å². The Balaban J connectivity index is 2.05. The van der Waals surface area contributed by atoms with Crippen LogP contribution in [0, 0.1) is 0 Å². The van der Waals surface area contributed by atoms with Gasteiger partial charge in [-0.15, -0.1) is 0 Å². The molecule has 1 aromatic carbocycles. The van der Waals surface area contributed by atoms with Gasteiger partial charge in [0.25, 0.3) is 0 Å². The predicted molar refractivity (Wildman–Crippen MR) is 84.9 cm³/mol. The summed E-state index contributed by atoms with van der Waals surface area (Å²) in [4.78, 5) is 0. The lowest BCUT2D eigenvalue weighted by Crippen LogP contribution is -2.54. The molecule has 0 aliphatic carbocycles. The van der Waals surface area contributed by atoms with Crippen LogP contribution in [0.4, 0.5) is 0 Å². The summed E-state index contributed by atoms with van der Waals surface area (Å²) >= 11 is 0. The Morgan fingerprint density at radius 1 is 1.24 bits per heavy atom. The first kappa shape index (κ1) is 16.6. The number of aliphatic hydroxyl groups excluding tert-OH is 1. The zero-order valence-corrected chi connectivity index (χ0v) is 14.0. The average molecular weight is 310 g/mol. The first-order chi connectivity index (χ1) is 10.2. The van der Waals surface area contributed by atoms with Crippen LogP contribution in [0.25, 0.3) is 0 Å². The van der Waals surface area contributed by atoms with Crippen LogP contribution in [0.1, 0.15) is 26.7 Å². The normalized spacial score (nSPS) is 19.5. The van der Waals surface area contributed by atoms with E-state index >= 15 is 0 Å².